The summed E-state index contributed by atoms with van der Waals surface area (Å²) in [6.07, 6.45) is 6.17. The van der Waals surface area contributed by atoms with E-state index in [1.165, 1.54) is 17.7 Å². The third-order valence-electron chi connectivity index (χ3n) is 12.1. The van der Waals surface area contributed by atoms with Crippen molar-refractivity contribution in [3.05, 3.63) is 131 Å². The van der Waals surface area contributed by atoms with Crippen LogP contribution in [0.15, 0.2) is 97.1 Å². The first-order valence-electron chi connectivity index (χ1n) is 22.5. The van der Waals surface area contributed by atoms with Crippen LogP contribution < -0.4 is 0 Å². The molecule has 0 aliphatic carbocycles. The van der Waals surface area contributed by atoms with Crippen molar-refractivity contribution in [2.24, 2.45) is 0 Å². The molecule has 2 fully saturated rings. The first-order chi connectivity index (χ1) is 30.5. The van der Waals surface area contributed by atoms with Crippen LogP contribution in [0, 0.1) is 11.6 Å². The van der Waals surface area contributed by atoms with Crippen LogP contribution in [0.5, 0.6) is 0 Å². The lowest BCUT2D eigenvalue weighted by molar-refractivity contribution is -0.157. The van der Waals surface area contributed by atoms with Crippen LogP contribution in [-0.4, -0.2) is 55.7 Å². The number of para-hydroxylation sites is 1. The number of esters is 2. The van der Waals surface area contributed by atoms with Crippen LogP contribution in [0.1, 0.15) is 128 Å². The highest BCUT2D eigenvalue weighted by atomic mass is 19.1. The average molecular weight is 871 g/mol. The van der Waals surface area contributed by atoms with Crippen LogP contribution in [0.2, 0.25) is 0 Å². The van der Waals surface area contributed by atoms with Gasteiger partial charge < -0.3 is 28.8 Å². The molecule has 0 bridgehead atoms. The maximum Gasteiger partial charge on any atom is 0.309 e. The van der Waals surface area contributed by atoms with Crippen LogP contribution in [-0.2, 0) is 19.1 Å². The number of aliphatic hydroxyl groups is 2. The van der Waals surface area contributed by atoms with Gasteiger partial charge in [0.25, 0.3) is 0 Å². The zero-order valence-corrected chi connectivity index (χ0v) is 38.0. The topological polar surface area (TPSA) is 103 Å². The average Bonchev–Trinajstić information content (AvgIpc) is 3.75. The standard InChI is InChI=1S/2C27H30FNO3/c1-16(2)19-7-11-24-23(13-19)27(18-5-8-20(28)9-6-18)25(29(24)17(3)4)12-10-22-14-21(30)15-26(31)32-22;1-16(2)22-13-18(9-11-23(22)28)27-21-7-5-6-8-24(21)29(17(3)4)25(27)12-10-20-14-19(30)15-26(31)32-20/h5-13,16-17,21-22,30H,14-15H2,1-4H3;5-13,16-17,19-20,30H,14-15H2,1-4H3/b2*12-10+. The van der Waals surface area contributed by atoms with Gasteiger partial charge in [0, 0.05) is 69.2 Å². The van der Waals surface area contributed by atoms with E-state index in [0.717, 1.165) is 55.4 Å². The first kappa shape index (κ1) is 46.2. The Balaban J connectivity index is 0.000000191. The minimum atomic E-state index is -0.688. The maximum atomic E-state index is 14.5. The van der Waals surface area contributed by atoms with Crippen molar-refractivity contribution in [1.29, 1.82) is 0 Å². The summed E-state index contributed by atoms with van der Waals surface area (Å²) >= 11 is 0. The van der Waals surface area contributed by atoms with Crippen LogP contribution in [0.4, 0.5) is 8.78 Å². The molecule has 0 saturated carbocycles. The first-order valence-corrected chi connectivity index (χ1v) is 22.5. The van der Waals surface area contributed by atoms with Crippen LogP contribution in [0.25, 0.3) is 56.2 Å². The van der Waals surface area contributed by atoms with E-state index in [0.29, 0.717) is 24.3 Å². The summed E-state index contributed by atoms with van der Waals surface area (Å²) in [5.74, 6) is -0.798. The van der Waals surface area contributed by atoms with Crippen molar-refractivity contribution in [2.75, 3.05) is 0 Å². The third kappa shape index (κ3) is 9.93. The van der Waals surface area contributed by atoms with E-state index in [1.54, 1.807) is 18.2 Å². The second kappa shape index (κ2) is 19.5. The van der Waals surface area contributed by atoms with E-state index < -0.39 is 24.4 Å². The van der Waals surface area contributed by atoms with Gasteiger partial charge in [0.1, 0.15) is 23.8 Å². The molecule has 336 valence electrons. The number of aromatic nitrogens is 2. The zero-order valence-electron chi connectivity index (χ0n) is 38.0. The summed E-state index contributed by atoms with van der Waals surface area (Å²) < 4.78 is 43.5. The Morgan fingerprint density at radius 3 is 1.64 bits per heavy atom. The summed E-state index contributed by atoms with van der Waals surface area (Å²) in [4.78, 5) is 23.6. The number of fused-ring (bicyclic) bond motifs is 2. The molecular weight excluding hydrogens is 811 g/mol. The fraction of sp³-hybridized carbons (Fsp3) is 0.370. The predicted octanol–water partition coefficient (Wildman–Crippen LogP) is 12.5. The normalized spacial score (nSPS) is 19.4. The van der Waals surface area contributed by atoms with E-state index in [2.05, 4.69) is 81.0 Å². The lowest BCUT2D eigenvalue weighted by Crippen LogP contribution is -2.31. The molecule has 0 radical (unpaired) electrons. The summed E-state index contributed by atoms with van der Waals surface area (Å²) in [7, 11) is 0. The molecule has 2 aliphatic heterocycles. The number of rotatable bonds is 10. The quantitative estimate of drug-likeness (QED) is 0.133. The second-order valence-electron chi connectivity index (χ2n) is 18.3. The molecule has 0 spiro atoms. The zero-order chi connectivity index (χ0) is 46.0. The van der Waals surface area contributed by atoms with Gasteiger partial charge in [0.2, 0.25) is 0 Å². The van der Waals surface area contributed by atoms with Gasteiger partial charge in [0.15, 0.2) is 0 Å². The smallest absolute Gasteiger partial charge is 0.309 e. The summed E-state index contributed by atoms with van der Waals surface area (Å²) in [6, 6.07) is 27.0. The molecule has 2 saturated heterocycles. The molecule has 8 rings (SSSR count). The molecule has 4 atom stereocenters. The van der Waals surface area contributed by atoms with Crippen molar-refractivity contribution in [3.8, 4) is 22.3 Å². The van der Waals surface area contributed by atoms with Crippen molar-refractivity contribution >= 4 is 45.9 Å². The van der Waals surface area contributed by atoms with E-state index in [1.807, 2.05) is 62.4 Å². The van der Waals surface area contributed by atoms with Gasteiger partial charge >= 0.3 is 11.9 Å². The number of carbonyl (C=O) groups is 2. The number of carbonyl (C=O) groups excluding carboxylic acids is 2. The number of halogens is 2. The summed E-state index contributed by atoms with van der Waals surface area (Å²) in [6.45, 7) is 16.8. The molecule has 4 heterocycles. The highest BCUT2D eigenvalue weighted by Gasteiger charge is 2.28. The molecule has 4 aromatic carbocycles. The number of ether oxygens (including phenoxy) is 2. The van der Waals surface area contributed by atoms with Gasteiger partial charge in [-0.2, -0.15) is 0 Å². The summed E-state index contributed by atoms with van der Waals surface area (Å²) in [5, 5.41) is 22.1. The number of hydrogen-bond donors (Lipinski definition) is 2. The fourth-order valence-electron chi connectivity index (χ4n) is 9.05. The molecular formula is C54H60F2N2O6. The predicted molar refractivity (Wildman–Crippen MR) is 252 cm³/mol. The number of nitrogens with zero attached hydrogens (tertiary/aromatic N) is 2. The van der Waals surface area contributed by atoms with Gasteiger partial charge in [-0.3, -0.25) is 9.59 Å². The third-order valence-corrected chi connectivity index (χ3v) is 12.1. The Morgan fingerprint density at radius 2 is 1.12 bits per heavy atom. The summed E-state index contributed by atoms with van der Waals surface area (Å²) in [5.41, 5.74) is 9.98. The van der Waals surface area contributed by atoms with E-state index in [4.69, 9.17) is 9.47 Å². The molecule has 2 aliphatic rings. The Hall–Kier alpha value is -5.84. The molecule has 2 N–H and O–H groups in total. The molecule has 2 aromatic heterocycles. The molecule has 0 amide bonds. The number of cyclic esters (lactones) is 2. The second-order valence-corrected chi connectivity index (χ2v) is 18.3. The number of benzene rings is 4. The maximum absolute atomic E-state index is 14.5. The molecule has 10 heteroatoms. The largest absolute Gasteiger partial charge is 0.458 e. The van der Waals surface area contributed by atoms with Crippen molar-refractivity contribution in [3.63, 3.8) is 0 Å². The highest BCUT2D eigenvalue weighted by molar-refractivity contribution is 6.02. The fourth-order valence-corrected chi connectivity index (χ4v) is 9.05. The van der Waals surface area contributed by atoms with Crippen molar-refractivity contribution in [1.82, 2.24) is 9.13 Å². The van der Waals surface area contributed by atoms with Gasteiger partial charge in [-0.25, -0.2) is 8.78 Å². The van der Waals surface area contributed by atoms with Crippen LogP contribution in [0.3, 0.4) is 0 Å². The Bertz CT molecular complexity index is 2700. The Morgan fingerprint density at radius 1 is 0.609 bits per heavy atom. The Kier molecular flexibility index (Phi) is 14.1. The van der Waals surface area contributed by atoms with Gasteiger partial charge in [-0.1, -0.05) is 70.2 Å². The minimum Gasteiger partial charge on any atom is -0.458 e. The van der Waals surface area contributed by atoms with E-state index in [-0.39, 0.29) is 54.4 Å². The molecule has 6 aromatic rings. The van der Waals surface area contributed by atoms with E-state index in [9.17, 15) is 28.6 Å². The number of hydrogen-bond acceptors (Lipinski definition) is 6. The lowest BCUT2D eigenvalue weighted by atomic mass is 9.95. The molecule has 8 nitrogen and oxygen atoms in total. The molecule has 4 unspecified atom stereocenters. The lowest BCUT2D eigenvalue weighted by Gasteiger charge is -2.23. The van der Waals surface area contributed by atoms with Gasteiger partial charge in [-0.15, -0.1) is 0 Å². The van der Waals surface area contributed by atoms with Crippen molar-refractivity contribution < 1.29 is 38.1 Å². The van der Waals surface area contributed by atoms with Gasteiger partial charge in [-0.05, 0) is 129 Å². The minimum absolute atomic E-state index is 0.0371. The Labute approximate surface area is 374 Å². The van der Waals surface area contributed by atoms with E-state index >= 15 is 0 Å². The number of aliphatic hydroxyl groups excluding tert-OH is 2. The SMILES string of the molecule is CC(C)c1cc(-c2c(/C=C/C3CC(O)CC(=O)O3)n(C(C)C)c3ccccc23)ccc1F.CC(C)c1ccc2c(c1)c(-c1ccc(F)cc1)c(/C=C/C1CC(O)CC(=O)O1)n2C(C)C. The molecule has 64 heavy (non-hydrogen) atoms. The monoisotopic (exact) mass is 870 g/mol. The van der Waals surface area contributed by atoms with Crippen molar-refractivity contribution in [2.45, 2.75) is 129 Å². The highest BCUT2D eigenvalue weighted by Crippen LogP contribution is 2.41. The van der Waals surface area contributed by atoms with Gasteiger partial charge in [0.05, 0.1) is 25.0 Å². The van der Waals surface area contributed by atoms with Crippen LogP contribution >= 0.6 is 0 Å².